The van der Waals surface area contributed by atoms with Crippen LogP contribution in [0.4, 0.5) is 0 Å². The van der Waals surface area contributed by atoms with Crippen LogP contribution < -0.4 is 0 Å². The van der Waals surface area contributed by atoms with Crippen molar-refractivity contribution < 1.29 is 24.6 Å². The molecule has 0 bridgehead atoms. The second-order valence-corrected chi connectivity index (χ2v) is 9.89. The second kappa shape index (κ2) is 5.84. The maximum absolute atomic E-state index is 13.4. The van der Waals surface area contributed by atoms with Gasteiger partial charge in [0.25, 0.3) is 0 Å². The number of Topliss-reactive ketones (excluding diaryl/α,β-unsaturated/α-hetero) is 2. The molecule has 27 heavy (non-hydrogen) atoms. The largest absolute Gasteiger partial charge is 0.388 e. The Labute approximate surface area is 160 Å². The van der Waals surface area contributed by atoms with Gasteiger partial charge in [-0.1, -0.05) is 26.3 Å². The van der Waals surface area contributed by atoms with Crippen molar-refractivity contribution in [1.29, 1.82) is 0 Å². The summed E-state index contributed by atoms with van der Waals surface area (Å²) in [6, 6.07) is 0. The molecule has 3 fully saturated rings. The van der Waals surface area contributed by atoms with E-state index in [-0.39, 0.29) is 47.1 Å². The van der Waals surface area contributed by atoms with E-state index >= 15 is 0 Å². The van der Waals surface area contributed by atoms with Gasteiger partial charge in [0, 0.05) is 24.2 Å². The van der Waals surface area contributed by atoms with Crippen LogP contribution in [0.1, 0.15) is 59.3 Å². The minimum absolute atomic E-state index is 0.0757. The third kappa shape index (κ3) is 2.21. The number of ketones is 3. The van der Waals surface area contributed by atoms with Crippen LogP contribution in [0, 0.1) is 34.5 Å². The lowest BCUT2D eigenvalue weighted by Gasteiger charge is -2.57. The Morgan fingerprint density at radius 2 is 1.96 bits per heavy atom. The van der Waals surface area contributed by atoms with Crippen molar-refractivity contribution in [2.24, 2.45) is 34.5 Å². The summed E-state index contributed by atoms with van der Waals surface area (Å²) < 4.78 is 0. The number of fused-ring (bicyclic) bond motifs is 5. The smallest absolute Gasteiger partial charge is 0.190 e. The maximum Gasteiger partial charge on any atom is 0.190 e. The van der Waals surface area contributed by atoms with Crippen LogP contribution in [-0.4, -0.2) is 39.8 Å². The van der Waals surface area contributed by atoms with E-state index in [1.807, 2.05) is 13.8 Å². The molecule has 4 aliphatic rings. The monoisotopic (exact) mass is 374 g/mol. The van der Waals surface area contributed by atoms with E-state index in [0.29, 0.717) is 19.3 Å². The van der Waals surface area contributed by atoms with Gasteiger partial charge in [0.15, 0.2) is 11.6 Å². The third-order valence-electron chi connectivity index (χ3n) is 8.80. The van der Waals surface area contributed by atoms with Crippen molar-refractivity contribution in [3.63, 3.8) is 0 Å². The zero-order valence-electron chi connectivity index (χ0n) is 16.5. The van der Waals surface area contributed by atoms with Crippen LogP contribution in [0.3, 0.4) is 0 Å². The van der Waals surface area contributed by atoms with Crippen molar-refractivity contribution in [2.75, 3.05) is 6.61 Å². The predicted molar refractivity (Wildman–Crippen MR) is 98.7 cm³/mol. The van der Waals surface area contributed by atoms with E-state index in [1.165, 1.54) is 0 Å². The fraction of sp³-hybridized carbons (Fsp3) is 0.773. The minimum Gasteiger partial charge on any atom is -0.388 e. The molecule has 5 nitrogen and oxygen atoms in total. The Morgan fingerprint density at radius 3 is 2.63 bits per heavy atom. The molecular formula is C22H30O5. The Balaban J connectivity index is 1.78. The maximum atomic E-state index is 13.4. The summed E-state index contributed by atoms with van der Waals surface area (Å²) in [5, 5.41) is 20.9. The number of aliphatic hydroxyl groups is 2. The Hall–Kier alpha value is -1.33. The number of hydrogen-bond acceptors (Lipinski definition) is 5. The first kappa shape index (κ1) is 19.0. The van der Waals surface area contributed by atoms with Crippen LogP contribution in [0.15, 0.2) is 11.6 Å². The highest BCUT2D eigenvalue weighted by Crippen LogP contribution is 2.67. The summed E-state index contributed by atoms with van der Waals surface area (Å²) in [5.74, 6) is -0.511. The molecule has 0 spiro atoms. The molecule has 0 aromatic carbocycles. The van der Waals surface area contributed by atoms with Crippen LogP contribution in [-0.2, 0) is 14.4 Å². The number of carbonyl (C=O) groups excluding carboxylic acids is 3. The molecule has 148 valence electrons. The molecule has 0 aromatic rings. The Bertz CT molecular complexity index is 754. The fourth-order valence-corrected chi connectivity index (χ4v) is 7.43. The van der Waals surface area contributed by atoms with Gasteiger partial charge in [-0.05, 0) is 54.9 Å². The highest BCUT2D eigenvalue weighted by Gasteiger charge is 2.70. The van der Waals surface area contributed by atoms with Gasteiger partial charge >= 0.3 is 0 Å². The molecular weight excluding hydrogens is 344 g/mol. The van der Waals surface area contributed by atoms with Crippen LogP contribution >= 0.6 is 0 Å². The summed E-state index contributed by atoms with van der Waals surface area (Å²) in [4.78, 5) is 37.9. The van der Waals surface area contributed by atoms with Crippen molar-refractivity contribution in [1.82, 2.24) is 0 Å². The summed E-state index contributed by atoms with van der Waals surface area (Å²) in [5.41, 5.74) is -1.64. The molecule has 7 atom stereocenters. The minimum atomic E-state index is -1.65. The van der Waals surface area contributed by atoms with Crippen molar-refractivity contribution >= 4 is 17.3 Å². The van der Waals surface area contributed by atoms with Gasteiger partial charge in [-0.15, -0.1) is 0 Å². The first-order chi connectivity index (χ1) is 12.6. The van der Waals surface area contributed by atoms with Crippen LogP contribution in [0.2, 0.25) is 0 Å². The van der Waals surface area contributed by atoms with Crippen molar-refractivity contribution in [2.45, 2.75) is 64.9 Å². The topological polar surface area (TPSA) is 91.7 Å². The molecule has 0 aliphatic heterocycles. The predicted octanol–water partition coefficient (Wildman–Crippen LogP) is 2.24. The molecule has 0 aromatic heterocycles. The lowest BCUT2D eigenvalue weighted by molar-refractivity contribution is -0.174. The van der Waals surface area contributed by atoms with E-state index in [0.717, 1.165) is 18.4 Å². The van der Waals surface area contributed by atoms with E-state index in [1.54, 1.807) is 6.08 Å². The molecule has 2 N–H and O–H groups in total. The normalized spacial score (nSPS) is 49.1. The van der Waals surface area contributed by atoms with E-state index in [4.69, 9.17) is 0 Å². The van der Waals surface area contributed by atoms with Gasteiger partial charge in [0.1, 0.15) is 18.0 Å². The van der Waals surface area contributed by atoms with Crippen molar-refractivity contribution in [3.05, 3.63) is 11.6 Å². The van der Waals surface area contributed by atoms with Crippen LogP contribution in [0.5, 0.6) is 0 Å². The fourth-order valence-electron chi connectivity index (χ4n) is 7.43. The molecule has 5 heteroatoms. The van der Waals surface area contributed by atoms with Gasteiger partial charge in [-0.2, -0.15) is 0 Å². The molecule has 0 saturated heterocycles. The number of carbonyl (C=O) groups is 3. The molecule has 0 heterocycles. The summed E-state index contributed by atoms with van der Waals surface area (Å²) >= 11 is 0. The molecule has 4 rings (SSSR count). The SMILES string of the molecule is C[C@H]1CC2C3CCC4=CC(=O)CCC4(C)C3C(=O)CC2(C)[C@@]1(O)C(=O)CO. The molecule has 4 aliphatic carbocycles. The Morgan fingerprint density at radius 1 is 1.26 bits per heavy atom. The molecule has 0 amide bonds. The molecule has 5 unspecified atom stereocenters. The Kier molecular flexibility index (Phi) is 4.11. The first-order valence-electron chi connectivity index (χ1n) is 10.2. The molecule has 3 saturated carbocycles. The number of allylic oxidation sites excluding steroid dienone is 1. The van der Waals surface area contributed by atoms with Crippen LogP contribution in [0.25, 0.3) is 0 Å². The van der Waals surface area contributed by atoms with Gasteiger partial charge in [-0.3, -0.25) is 14.4 Å². The van der Waals surface area contributed by atoms with Crippen molar-refractivity contribution in [3.8, 4) is 0 Å². The van der Waals surface area contributed by atoms with Gasteiger partial charge < -0.3 is 10.2 Å². The summed E-state index contributed by atoms with van der Waals surface area (Å²) in [6.07, 6.45) is 5.46. The van der Waals surface area contributed by atoms with E-state index in [2.05, 4.69) is 6.92 Å². The summed E-state index contributed by atoms with van der Waals surface area (Å²) in [6.45, 7) is 5.18. The van der Waals surface area contributed by atoms with Gasteiger partial charge in [0.2, 0.25) is 0 Å². The zero-order chi connectivity index (χ0) is 19.8. The lowest BCUT2D eigenvalue weighted by Crippen LogP contribution is -2.62. The summed E-state index contributed by atoms with van der Waals surface area (Å²) in [7, 11) is 0. The standard InChI is InChI=1S/C22H30O5/c1-12-8-16-15-5-4-13-9-14(24)6-7-20(13,2)19(15)17(25)10-21(16,3)22(12,27)18(26)11-23/h9,12,15-16,19,23,27H,4-8,10-11H2,1-3H3/t12-,15?,16?,19?,20?,21?,22-/m0/s1. The average Bonchev–Trinajstić information content (AvgIpc) is 2.82. The van der Waals surface area contributed by atoms with Gasteiger partial charge in [-0.25, -0.2) is 0 Å². The highest BCUT2D eigenvalue weighted by molar-refractivity contribution is 5.94. The second-order valence-electron chi connectivity index (χ2n) is 9.89. The number of aliphatic hydroxyl groups excluding tert-OH is 1. The number of rotatable bonds is 2. The lowest BCUT2D eigenvalue weighted by atomic mass is 9.46. The van der Waals surface area contributed by atoms with E-state index < -0.39 is 23.4 Å². The highest BCUT2D eigenvalue weighted by atomic mass is 16.3. The first-order valence-corrected chi connectivity index (χ1v) is 10.2. The van der Waals surface area contributed by atoms with Gasteiger partial charge in [0.05, 0.1) is 0 Å². The average molecular weight is 374 g/mol. The number of hydrogen-bond donors (Lipinski definition) is 2. The van der Waals surface area contributed by atoms with E-state index in [9.17, 15) is 24.6 Å². The quantitative estimate of drug-likeness (QED) is 0.773. The third-order valence-corrected chi connectivity index (χ3v) is 8.80. The zero-order valence-corrected chi connectivity index (χ0v) is 16.5. The molecule has 0 radical (unpaired) electrons.